The molecule has 0 radical (unpaired) electrons. The van der Waals surface area contributed by atoms with Crippen molar-refractivity contribution < 1.29 is 9.53 Å². The minimum Gasteiger partial charge on any atom is -0.496 e. The second kappa shape index (κ2) is 6.20. The van der Waals surface area contributed by atoms with Crippen molar-refractivity contribution in [2.45, 2.75) is 42.6 Å². The number of fused-ring (bicyclic) bond motifs is 1. The summed E-state index contributed by atoms with van der Waals surface area (Å²) >= 11 is 7.81. The lowest BCUT2D eigenvalue weighted by Crippen LogP contribution is -2.33. The predicted octanol–water partition coefficient (Wildman–Crippen LogP) is 4.51. The van der Waals surface area contributed by atoms with Crippen LogP contribution in [0.1, 0.15) is 54.7 Å². The van der Waals surface area contributed by atoms with Gasteiger partial charge in [0.05, 0.1) is 22.8 Å². The van der Waals surface area contributed by atoms with Crippen LogP contribution in [0.4, 0.5) is 5.82 Å². The molecule has 138 valence electrons. The number of halogens is 1. The molecule has 4 rings (SSSR count). The molecule has 1 fully saturated rings. The smallest absolute Gasteiger partial charge is 0.241 e. The highest BCUT2D eigenvalue weighted by Gasteiger charge is 2.43. The molecule has 1 unspecified atom stereocenters. The van der Waals surface area contributed by atoms with E-state index >= 15 is 0 Å². The van der Waals surface area contributed by atoms with Gasteiger partial charge in [0.1, 0.15) is 11.6 Å². The van der Waals surface area contributed by atoms with Gasteiger partial charge in [0.15, 0.2) is 0 Å². The number of carbonyl (C=O) groups is 1. The van der Waals surface area contributed by atoms with Gasteiger partial charge in [-0.3, -0.25) is 9.48 Å². The van der Waals surface area contributed by atoms with Crippen LogP contribution >= 0.6 is 23.4 Å². The fourth-order valence-corrected chi connectivity index (χ4v) is 4.99. The summed E-state index contributed by atoms with van der Waals surface area (Å²) in [5.41, 5.74) is 3.21. The number of carbonyl (C=O) groups excluding carboxylic acids is 1. The number of aromatic nitrogens is 2. The number of hydrogen-bond acceptors (Lipinski definition) is 4. The summed E-state index contributed by atoms with van der Waals surface area (Å²) in [7, 11) is 3.54. The number of nitrogens with one attached hydrogen (secondary N) is 1. The van der Waals surface area contributed by atoms with Gasteiger partial charge in [0.2, 0.25) is 5.91 Å². The van der Waals surface area contributed by atoms with Crippen LogP contribution in [0, 0.1) is 0 Å². The molecule has 2 aromatic rings. The molecule has 1 aromatic carbocycles. The summed E-state index contributed by atoms with van der Waals surface area (Å²) in [6, 6.07) is 5.70. The first kappa shape index (κ1) is 17.7. The number of rotatable bonds is 3. The number of anilines is 1. The van der Waals surface area contributed by atoms with Crippen LogP contribution in [0.3, 0.4) is 0 Å². The van der Waals surface area contributed by atoms with Gasteiger partial charge in [0.25, 0.3) is 0 Å². The second-order valence-electron chi connectivity index (χ2n) is 7.39. The van der Waals surface area contributed by atoms with Crippen molar-refractivity contribution in [2.75, 3.05) is 12.4 Å². The monoisotopic (exact) mass is 391 g/mol. The normalized spacial score (nSPS) is 21.7. The fraction of sp³-hybridized carbons (Fsp3) is 0.474. The van der Waals surface area contributed by atoms with E-state index in [2.05, 4.69) is 5.32 Å². The number of benzene rings is 1. The molecule has 0 bridgehead atoms. The van der Waals surface area contributed by atoms with E-state index in [0.29, 0.717) is 10.9 Å². The van der Waals surface area contributed by atoms with Crippen LogP contribution < -0.4 is 10.1 Å². The van der Waals surface area contributed by atoms with Crippen molar-refractivity contribution in [3.63, 3.8) is 0 Å². The van der Waals surface area contributed by atoms with Gasteiger partial charge < -0.3 is 10.1 Å². The zero-order valence-corrected chi connectivity index (χ0v) is 16.9. The summed E-state index contributed by atoms with van der Waals surface area (Å²) in [4.78, 5) is 12.8. The van der Waals surface area contributed by atoms with E-state index < -0.39 is 4.75 Å². The molecule has 2 heterocycles. The molecule has 0 saturated heterocycles. The number of nitrogens with zero attached hydrogens (tertiary/aromatic N) is 2. The number of amides is 1. The average molecular weight is 392 g/mol. The Hall–Kier alpha value is -1.66. The Kier molecular flexibility index (Phi) is 4.23. The Morgan fingerprint density at radius 1 is 1.38 bits per heavy atom. The quantitative estimate of drug-likeness (QED) is 0.836. The highest BCUT2D eigenvalue weighted by molar-refractivity contribution is 8.01. The molecule has 1 aliphatic carbocycles. The highest BCUT2D eigenvalue weighted by Crippen LogP contribution is 2.55. The van der Waals surface area contributed by atoms with Crippen LogP contribution in [0.5, 0.6) is 5.75 Å². The van der Waals surface area contributed by atoms with E-state index in [1.165, 1.54) is 0 Å². The van der Waals surface area contributed by atoms with Crippen molar-refractivity contribution in [1.82, 2.24) is 9.78 Å². The minimum absolute atomic E-state index is 0.00970. The molecule has 5 nitrogen and oxygen atoms in total. The number of ether oxygens (including phenoxy) is 1. The molecule has 1 N–H and O–H groups in total. The number of methoxy groups -OCH3 is 1. The maximum Gasteiger partial charge on any atom is 0.241 e. The standard InChI is InChI=1S/C19H22ClN3O2S/c1-19(2)18(24)21-17-14(15(10-5-6-10)22-23(17)3)16(26-19)12-8-7-11(20)9-13(12)25-4/h7-10,16H,5-6H2,1-4H3,(H,21,24). The van der Waals surface area contributed by atoms with E-state index in [9.17, 15) is 4.79 Å². The van der Waals surface area contributed by atoms with Crippen LogP contribution in [0.15, 0.2) is 18.2 Å². The lowest BCUT2D eigenvalue weighted by Gasteiger charge is -2.26. The molecule has 1 aromatic heterocycles. The zero-order valence-electron chi connectivity index (χ0n) is 15.3. The lowest BCUT2D eigenvalue weighted by atomic mass is 10.0. The average Bonchev–Trinajstić information content (AvgIpc) is 3.39. The van der Waals surface area contributed by atoms with Crippen LogP contribution in [0.25, 0.3) is 0 Å². The number of hydrogen-bond donors (Lipinski definition) is 1. The maximum absolute atomic E-state index is 12.8. The van der Waals surface area contributed by atoms with E-state index in [1.807, 2.05) is 39.1 Å². The molecule has 1 atom stereocenters. The third-order valence-corrected chi connectivity index (χ3v) is 6.74. The van der Waals surface area contributed by atoms with E-state index in [-0.39, 0.29) is 11.2 Å². The topological polar surface area (TPSA) is 56.1 Å². The highest BCUT2D eigenvalue weighted by atomic mass is 35.5. The minimum atomic E-state index is -0.588. The van der Waals surface area contributed by atoms with Crippen molar-refractivity contribution in [1.29, 1.82) is 0 Å². The van der Waals surface area contributed by atoms with Crippen LogP contribution in [-0.2, 0) is 11.8 Å². The Bertz CT molecular complexity index is 889. The summed E-state index contributed by atoms with van der Waals surface area (Å²) in [6.45, 7) is 3.91. The molecule has 1 aliphatic heterocycles. The molecule has 1 saturated carbocycles. The maximum atomic E-state index is 12.8. The van der Waals surface area contributed by atoms with Crippen molar-refractivity contribution in [3.05, 3.63) is 40.0 Å². The van der Waals surface area contributed by atoms with E-state index in [0.717, 1.165) is 41.2 Å². The predicted molar refractivity (Wildman–Crippen MR) is 105 cm³/mol. The van der Waals surface area contributed by atoms with Crippen LogP contribution in [-0.4, -0.2) is 27.5 Å². The van der Waals surface area contributed by atoms with Crippen LogP contribution in [0.2, 0.25) is 5.02 Å². The van der Waals surface area contributed by atoms with Gasteiger partial charge in [-0.25, -0.2) is 0 Å². The SMILES string of the molecule is COc1cc(Cl)ccc1C1SC(C)(C)C(=O)Nc2c1c(C1CC1)nn2C. The number of aryl methyl sites for hydroxylation is 1. The van der Waals surface area contributed by atoms with E-state index in [1.54, 1.807) is 23.6 Å². The zero-order chi connectivity index (χ0) is 18.6. The van der Waals surface area contributed by atoms with Crippen molar-refractivity contribution >= 4 is 35.1 Å². The third kappa shape index (κ3) is 2.89. The summed E-state index contributed by atoms with van der Waals surface area (Å²) in [6.07, 6.45) is 2.30. The largest absolute Gasteiger partial charge is 0.496 e. The Labute approximate surface area is 162 Å². The third-order valence-electron chi connectivity index (χ3n) is 5.01. The van der Waals surface area contributed by atoms with Crippen molar-refractivity contribution in [3.8, 4) is 5.75 Å². The second-order valence-corrected chi connectivity index (χ2v) is 9.56. The Morgan fingerprint density at radius 2 is 2.12 bits per heavy atom. The lowest BCUT2D eigenvalue weighted by molar-refractivity contribution is -0.117. The first-order valence-electron chi connectivity index (χ1n) is 8.71. The molecule has 1 amide bonds. The molecule has 7 heteroatoms. The molecule has 0 spiro atoms. The van der Waals surface area contributed by atoms with Gasteiger partial charge in [-0.1, -0.05) is 17.7 Å². The van der Waals surface area contributed by atoms with Crippen molar-refractivity contribution in [2.24, 2.45) is 7.05 Å². The van der Waals surface area contributed by atoms with Gasteiger partial charge in [-0.15, -0.1) is 11.8 Å². The molecule has 26 heavy (non-hydrogen) atoms. The Morgan fingerprint density at radius 3 is 2.77 bits per heavy atom. The summed E-state index contributed by atoms with van der Waals surface area (Å²) in [5.74, 6) is 1.99. The van der Waals surface area contributed by atoms with Gasteiger partial charge in [-0.2, -0.15) is 5.10 Å². The van der Waals surface area contributed by atoms with Gasteiger partial charge in [-0.05, 0) is 38.8 Å². The molecular formula is C19H22ClN3O2S. The first-order valence-corrected chi connectivity index (χ1v) is 9.97. The fourth-order valence-electron chi connectivity index (χ4n) is 3.41. The van der Waals surface area contributed by atoms with E-state index in [4.69, 9.17) is 21.4 Å². The summed E-state index contributed by atoms with van der Waals surface area (Å²) in [5, 5.41) is 8.43. The summed E-state index contributed by atoms with van der Waals surface area (Å²) < 4.78 is 6.84. The Balaban J connectivity index is 1.94. The molecule has 2 aliphatic rings. The van der Waals surface area contributed by atoms with Gasteiger partial charge in [0, 0.05) is 29.1 Å². The first-order chi connectivity index (χ1) is 12.3. The van der Waals surface area contributed by atoms with Gasteiger partial charge >= 0.3 is 0 Å². The molecular weight excluding hydrogens is 370 g/mol. The number of thioether (sulfide) groups is 1.